The molecule has 0 bridgehead atoms. The first-order chi connectivity index (χ1) is 7.35. The molecule has 1 aliphatic heterocycles. The number of hydrogen-bond acceptors (Lipinski definition) is 2. The Morgan fingerprint density at radius 3 is 2.40 bits per heavy atom. The molecule has 1 aromatic carbocycles. The molecular weight excluding hydrogens is 188 g/mol. The van der Waals surface area contributed by atoms with Crippen molar-refractivity contribution in [2.24, 2.45) is 0 Å². The predicted octanol–water partition coefficient (Wildman–Crippen LogP) is 3.36. The monoisotopic (exact) mass is 206 g/mol. The molecule has 0 atom stereocenters. The first-order valence-electron chi connectivity index (χ1n) is 5.74. The van der Waals surface area contributed by atoms with Crippen LogP contribution in [0.2, 0.25) is 0 Å². The molecule has 0 unspecified atom stereocenters. The van der Waals surface area contributed by atoms with Crippen LogP contribution in [0.25, 0.3) is 0 Å². The van der Waals surface area contributed by atoms with Gasteiger partial charge in [-0.15, -0.1) is 0 Å². The van der Waals surface area contributed by atoms with Crippen LogP contribution in [0, 0.1) is 0 Å². The maximum absolute atomic E-state index is 5.58. The molecule has 0 saturated heterocycles. The van der Waals surface area contributed by atoms with Crippen molar-refractivity contribution < 1.29 is 9.47 Å². The fourth-order valence-electron chi connectivity index (χ4n) is 2.07. The lowest BCUT2D eigenvalue weighted by Gasteiger charge is -2.21. The van der Waals surface area contributed by atoms with Crippen LogP contribution >= 0.6 is 0 Å². The molecule has 1 aromatic rings. The van der Waals surface area contributed by atoms with Crippen LogP contribution in [0.1, 0.15) is 38.2 Å². The van der Waals surface area contributed by atoms with Crippen molar-refractivity contribution in [2.45, 2.75) is 32.6 Å². The van der Waals surface area contributed by atoms with Crippen LogP contribution in [0.5, 0.6) is 11.5 Å². The highest BCUT2D eigenvalue weighted by Gasteiger charge is 2.14. The maximum atomic E-state index is 5.58. The number of ether oxygens (including phenoxy) is 2. The van der Waals surface area contributed by atoms with E-state index in [4.69, 9.17) is 9.47 Å². The average Bonchev–Trinajstić information content (AvgIpc) is 2.30. The highest BCUT2D eigenvalue weighted by atomic mass is 16.6. The van der Waals surface area contributed by atoms with Crippen molar-refractivity contribution in [3.05, 3.63) is 23.8 Å². The molecule has 15 heavy (non-hydrogen) atoms. The first-order valence-corrected chi connectivity index (χ1v) is 5.74. The van der Waals surface area contributed by atoms with Gasteiger partial charge < -0.3 is 9.47 Å². The van der Waals surface area contributed by atoms with E-state index in [0.717, 1.165) is 11.5 Å². The normalized spacial score (nSPS) is 14.3. The van der Waals surface area contributed by atoms with Crippen LogP contribution in [0.15, 0.2) is 18.2 Å². The zero-order chi connectivity index (χ0) is 10.7. The summed E-state index contributed by atoms with van der Waals surface area (Å²) in [6.07, 6.45) is 2.35. The third kappa shape index (κ3) is 2.09. The lowest BCUT2D eigenvalue weighted by molar-refractivity contribution is 0.171. The third-order valence-corrected chi connectivity index (χ3v) is 3.02. The summed E-state index contributed by atoms with van der Waals surface area (Å²) in [6, 6.07) is 6.32. The van der Waals surface area contributed by atoms with Gasteiger partial charge in [0.05, 0.1) is 0 Å². The van der Waals surface area contributed by atoms with Crippen molar-refractivity contribution >= 4 is 0 Å². The molecule has 82 valence electrons. The lowest BCUT2D eigenvalue weighted by atomic mass is 9.94. The lowest BCUT2D eigenvalue weighted by Crippen LogP contribution is -2.15. The van der Waals surface area contributed by atoms with Crippen LogP contribution in [0.4, 0.5) is 0 Å². The predicted molar refractivity (Wildman–Crippen MR) is 60.8 cm³/mol. The van der Waals surface area contributed by atoms with Gasteiger partial charge in [-0.2, -0.15) is 0 Å². The van der Waals surface area contributed by atoms with Gasteiger partial charge in [0.1, 0.15) is 13.2 Å². The minimum absolute atomic E-state index is 0.640. The number of hydrogen-bond donors (Lipinski definition) is 0. The first kappa shape index (κ1) is 10.3. The zero-order valence-electron chi connectivity index (χ0n) is 9.45. The minimum atomic E-state index is 0.640. The summed E-state index contributed by atoms with van der Waals surface area (Å²) in [5.41, 5.74) is 1.37. The van der Waals surface area contributed by atoms with E-state index in [1.165, 1.54) is 18.4 Å². The van der Waals surface area contributed by atoms with Crippen molar-refractivity contribution in [1.29, 1.82) is 0 Å². The van der Waals surface area contributed by atoms with E-state index in [0.29, 0.717) is 19.1 Å². The summed E-state index contributed by atoms with van der Waals surface area (Å²) in [5.74, 6) is 2.43. The van der Waals surface area contributed by atoms with Crippen molar-refractivity contribution in [3.63, 3.8) is 0 Å². The summed E-state index contributed by atoms with van der Waals surface area (Å²) >= 11 is 0. The molecule has 2 rings (SSSR count). The van der Waals surface area contributed by atoms with Gasteiger partial charge in [0.2, 0.25) is 0 Å². The Kier molecular flexibility index (Phi) is 3.14. The number of benzene rings is 1. The Hall–Kier alpha value is -1.18. The highest BCUT2D eigenvalue weighted by molar-refractivity contribution is 5.44. The molecule has 0 amide bonds. The van der Waals surface area contributed by atoms with Gasteiger partial charge in [-0.05, 0) is 36.5 Å². The summed E-state index contributed by atoms with van der Waals surface area (Å²) in [5, 5.41) is 0. The summed E-state index contributed by atoms with van der Waals surface area (Å²) in [6.45, 7) is 5.78. The molecular formula is C13H18O2. The van der Waals surface area contributed by atoms with E-state index in [2.05, 4.69) is 26.0 Å². The molecule has 2 heteroatoms. The molecule has 0 aliphatic carbocycles. The van der Waals surface area contributed by atoms with Crippen molar-refractivity contribution in [1.82, 2.24) is 0 Å². The molecule has 0 saturated carbocycles. The van der Waals surface area contributed by atoms with E-state index in [9.17, 15) is 0 Å². The van der Waals surface area contributed by atoms with E-state index in [1.807, 2.05) is 6.07 Å². The minimum Gasteiger partial charge on any atom is -0.486 e. The topological polar surface area (TPSA) is 18.5 Å². The second-order valence-corrected chi connectivity index (χ2v) is 3.92. The van der Waals surface area contributed by atoms with E-state index < -0.39 is 0 Å². The SMILES string of the molecule is CCC(CC)c1ccc2c(c1)OCCO2. The van der Waals surface area contributed by atoms with Gasteiger partial charge in [0.25, 0.3) is 0 Å². The molecule has 0 radical (unpaired) electrons. The largest absolute Gasteiger partial charge is 0.486 e. The Bertz CT molecular complexity index is 329. The molecule has 0 spiro atoms. The Labute approximate surface area is 91.2 Å². The fraction of sp³-hybridized carbons (Fsp3) is 0.538. The van der Waals surface area contributed by atoms with Gasteiger partial charge in [-0.25, -0.2) is 0 Å². The highest BCUT2D eigenvalue weighted by Crippen LogP contribution is 2.34. The summed E-state index contributed by atoms with van der Waals surface area (Å²) in [4.78, 5) is 0. The second kappa shape index (κ2) is 4.56. The molecule has 1 heterocycles. The molecule has 0 aromatic heterocycles. The molecule has 0 fully saturated rings. The smallest absolute Gasteiger partial charge is 0.161 e. The van der Waals surface area contributed by atoms with E-state index in [-0.39, 0.29) is 0 Å². The van der Waals surface area contributed by atoms with Crippen LogP contribution in [-0.4, -0.2) is 13.2 Å². The Morgan fingerprint density at radius 2 is 1.73 bits per heavy atom. The third-order valence-electron chi connectivity index (χ3n) is 3.02. The van der Waals surface area contributed by atoms with Crippen LogP contribution in [-0.2, 0) is 0 Å². The fourth-order valence-corrected chi connectivity index (χ4v) is 2.07. The number of rotatable bonds is 3. The Morgan fingerprint density at radius 1 is 1.07 bits per heavy atom. The summed E-state index contributed by atoms with van der Waals surface area (Å²) in [7, 11) is 0. The van der Waals surface area contributed by atoms with Crippen molar-refractivity contribution in [3.8, 4) is 11.5 Å². The number of fused-ring (bicyclic) bond motifs is 1. The molecule has 2 nitrogen and oxygen atoms in total. The van der Waals surface area contributed by atoms with Gasteiger partial charge >= 0.3 is 0 Å². The second-order valence-electron chi connectivity index (χ2n) is 3.92. The zero-order valence-corrected chi connectivity index (χ0v) is 9.45. The van der Waals surface area contributed by atoms with Crippen LogP contribution in [0.3, 0.4) is 0 Å². The average molecular weight is 206 g/mol. The standard InChI is InChI=1S/C13H18O2/c1-3-10(4-2)11-5-6-12-13(9-11)15-8-7-14-12/h5-6,9-10H,3-4,7-8H2,1-2H3. The van der Waals surface area contributed by atoms with Gasteiger partial charge in [0.15, 0.2) is 11.5 Å². The summed E-state index contributed by atoms with van der Waals surface area (Å²) < 4.78 is 11.1. The Balaban J connectivity index is 2.27. The van der Waals surface area contributed by atoms with Gasteiger partial charge in [0, 0.05) is 0 Å². The quantitative estimate of drug-likeness (QED) is 0.755. The van der Waals surface area contributed by atoms with E-state index in [1.54, 1.807) is 0 Å². The molecule has 0 N–H and O–H groups in total. The van der Waals surface area contributed by atoms with Crippen molar-refractivity contribution in [2.75, 3.05) is 13.2 Å². The van der Waals surface area contributed by atoms with Gasteiger partial charge in [-0.1, -0.05) is 19.9 Å². The van der Waals surface area contributed by atoms with Gasteiger partial charge in [-0.3, -0.25) is 0 Å². The molecule has 1 aliphatic rings. The van der Waals surface area contributed by atoms with E-state index >= 15 is 0 Å². The maximum Gasteiger partial charge on any atom is 0.161 e. The van der Waals surface area contributed by atoms with Crippen LogP contribution < -0.4 is 9.47 Å².